The van der Waals surface area contributed by atoms with Gasteiger partial charge in [-0.2, -0.15) is 15.0 Å². The number of aromatic nitrogens is 4. The van der Waals surface area contributed by atoms with Gasteiger partial charge in [-0.15, -0.1) is 0 Å². The van der Waals surface area contributed by atoms with Crippen LogP contribution in [0.4, 0.5) is 11.9 Å². The molecule has 0 radical (unpaired) electrons. The van der Waals surface area contributed by atoms with Crippen LogP contribution in [0.15, 0.2) is 75.5 Å². The number of aliphatic imine (C=N–C) groups is 1. The van der Waals surface area contributed by atoms with Crippen molar-refractivity contribution in [3.63, 3.8) is 0 Å². The van der Waals surface area contributed by atoms with Crippen LogP contribution in [-0.2, 0) is 17.8 Å². The summed E-state index contributed by atoms with van der Waals surface area (Å²) in [6, 6.07) is 12.3. The Balaban J connectivity index is 1.16. The van der Waals surface area contributed by atoms with E-state index in [1.165, 1.54) is 22.9 Å². The lowest BCUT2D eigenvalue weighted by molar-refractivity contribution is -0.119. The summed E-state index contributed by atoms with van der Waals surface area (Å²) in [5.74, 6) is 2.58. The molecule has 1 saturated heterocycles. The Bertz CT molecular complexity index is 1380. The van der Waals surface area contributed by atoms with Crippen LogP contribution in [-0.4, -0.2) is 69.2 Å². The van der Waals surface area contributed by atoms with Gasteiger partial charge in [0.15, 0.2) is 5.16 Å². The first-order valence-corrected chi connectivity index (χ1v) is 14.3. The van der Waals surface area contributed by atoms with Gasteiger partial charge in [0.1, 0.15) is 11.6 Å². The van der Waals surface area contributed by atoms with E-state index in [0.717, 1.165) is 61.9 Å². The third-order valence-electron chi connectivity index (χ3n) is 7.05. The first kappa shape index (κ1) is 25.6. The van der Waals surface area contributed by atoms with Gasteiger partial charge in [-0.25, -0.2) is 0 Å². The van der Waals surface area contributed by atoms with Crippen LogP contribution in [0.25, 0.3) is 0 Å². The van der Waals surface area contributed by atoms with E-state index in [2.05, 4.69) is 38.1 Å². The monoisotopic (exact) mass is 540 g/mol. The fourth-order valence-corrected chi connectivity index (χ4v) is 5.44. The maximum atomic E-state index is 12.2. The van der Waals surface area contributed by atoms with Crippen LogP contribution in [0.1, 0.15) is 30.9 Å². The van der Waals surface area contributed by atoms with Crippen LogP contribution in [0, 0.1) is 5.92 Å². The zero-order valence-corrected chi connectivity index (χ0v) is 22.9. The smallest absolute Gasteiger partial charge is 0.234 e. The zero-order chi connectivity index (χ0) is 26.6. The first-order chi connectivity index (χ1) is 19.1. The molecule has 3 aromatic rings. The lowest BCUT2D eigenvalue weighted by Crippen LogP contribution is -2.46. The number of benzene rings is 1. The fourth-order valence-electron chi connectivity index (χ4n) is 4.70. The van der Waals surface area contributed by atoms with Gasteiger partial charge in [0.2, 0.25) is 11.9 Å². The van der Waals surface area contributed by atoms with Crippen molar-refractivity contribution in [1.82, 2.24) is 24.8 Å². The molecule has 39 heavy (non-hydrogen) atoms. The van der Waals surface area contributed by atoms with Gasteiger partial charge in [-0.1, -0.05) is 18.2 Å². The number of pyridine rings is 1. The molecule has 2 fully saturated rings. The molecule has 0 bridgehead atoms. The van der Waals surface area contributed by atoms with Gasteiger partial charge in [0, 0.05) is 62.4 Å². The first-order valence-electron chi connectivity index (χ1n) is 13.5. The molecular formula is C29H32N8OS. The van der Waals surface area contributed by atoms with Crippen LogP contribution in [0.5, 0.6) is 0 Å². The molecule has 3 aliphatic rings. The molecule has 10 heteroatoms. The second-order valence-electron chi connectivity index (χ2n) is 10.3. The van der Waals surface area contributed by atoms with Gasteiger partial charge in [0.05, 0.1) is 6.54 Å². The third kappa shape index (κ3) is 6.88. The molecule has 1 aliphatic carbocycles. The molecule has 2 aromatic heterocycles. The second-order valence-corrected chi connectivity index (χ2v) is 11.4. The SMILES string of the molecule is CC1=CC(Nc2nc(Sc3ccc(CC(=O)C4CC4)cc3)nc(N3CCN(Cc4cccnc4)CC3)n2)=NC1. The molecule has 1 saturated carbocycles. The van der Waals surface area contributed by atoms with Crippen LogP contribution in [0.2, 0.25) is 0 Å². The van der Waals surface area contributed by atoms with Crippen molar-refractivity contribution in [3.8, 4) is 0 Å². The number of piperazine rings is 1. The number of amidine groups is 1. The van der Waals surface area contributed by atoms with Crippen LogP contribution >= 0.6 is 11.8 Å². The standard InChI is InChI=1S/C29H32N8OS/c1-20-15-26(31-17-20)32-27-33-28(37-13-11-36(12-14-37)19-22-3-2-10-30-18-22)35-29(34-27)39-24-8-4-21(5-9-24)16-25(38)23-6-7-23/h2-5,8-10,15,18,23H,6-7,11-14,16-17,19H2,1H3,(H,31,32,33,34,35). The summed E-state index contributed by atoms with van der Waals surface area (Å²) in [4.78, 5) is 40.9. The van der Waals surface area contributed by atoms with Crippen molar-refractivity contribution in [2.45, 2.75) is 42.8 Å². The maximum absolute atomic E-state index is 12.2. The minimum Gasteiger partial charge on any atom is -0.338 e. The van der Waals surface area contributed by atoms with Crippen molar-refractivity contribution in [2.24, 2.45) is 10.9 Å². The number of anilines is 2. The molecule has 1 aromatic carbocycles. The van der Waals surface area contributed by atoms with E-state index in [1.807, 2.05) is 48.8 Å². The molecule has 0 unspecified atom stereocenters. The van der Waals surface area contributed by atoms with Gasteiger partial charge in [-0.3, -0.25) is 19.7 Å². The number of ketones is 1. The Hall–Kier alpha value is -3.63. The Labute approximate surface area is 232 Å². The molecule has 9 nitrogen and oxygen atoms in total. The quantitative estimate of drug-likeness (QED) is 0.431. The lowest BCUT2D eigenvalue weighted by Gasteiger charge is -2.34. The highest BCUT2D eigenvalue weighted by molar-refractivity contribution is 7.99. The van der Waals surface area contributed by atoms with E-state index in [9.17, 15) is 4.79 Å². The number of carbonyl (C=O) groups excluding carboxylic acids is 1. The average Bonchev–Trinajstić information content (AvgIpc) is 3.73. The van der Waals surface area contributed by atoms with Crippen LogP contribution < -0.4 is 10.2 Å². The minimum absolute atomic E-state index is 0.286. The Kier molecular flexibility index (Phi) is 7.64. The summed E-state index contributed by atoms with van der Waals surface area (Å²) in [5.41, 5.74) is 3.48. The highest BCUT2D eigenvalue weighted by Crippen LogP contribution is 2.32. The van der Waals surface area contributed by atoms with Crippen molar-refractivity contribution < 1.29 is 4.79 Å². The van der Waals surface area contributed by atoms with Crippen molar-refractivity contribution >= 4 is 35.3 Å². The molecule has 4 heterocycles. The predicted octanol–water partition coefficient (Wildman–Crippen LogP) is 4.03. The lowest BCUT2D eigenvalue weighted by atomic mass is 10.1. The molecule has 2 aliphatic heterocycles. The molecule has 0 spiro atoms. The molecule has 6 rings (SSSR count). The van der Waals surface area contributed by atoms with Crippen molar-refractivity contribution in [3.05, 3.63) is 71.6 Å². The maximum Gasteiger partial charge on any atom is 0.234 e. The zero-order valence-electron chi connectivity index (χ0n) is 22.1. The number of hydrogen-bond acceptors (Lipinski definition) is 10. The van der Waals surface area contributed by atoms with Gasteiger partial charge < -0.3 is 10.2 Å². The number of Topliss-reactive ketones (excluding diaryl/α,β-unsaturated/α-hetero) is 1. The van der Waals surface area contributed by atoms with Gasteiger partial charge in [-0.05, 0) is 72.5 Å². The minimum atomic E-state index is 0.286. The molecule has 200 valence electrons. The van der Waals surface area contributed by atoms with Gasteiger partial charge in [0.25, 0.3) is 0 Å². The van der Waals surface area contributed by atoms with E-state index in [0.29, 0.717) is 35.8 Å². The predicted molar refractivity (Wildman–Crippen MR) is 153 cm³/mol. The summed E-state index contributed by atoms with van der Waals surface area (Å²) < 4.78 is 0. The van der Waals surface area contributed by atoms with Crippen molar-refractivity contribution in [2.75, 3.05) is 42.9 Å². The van der Waals surface area contributed by atoms with E-state index >= 15 is 0 Å². The van der Waals surface area contributed by atoms with E-state index in [1.54, 1.807) is 0 Å². The summed E-state index contributed by atoms with van der Waals surface area (Å²) >= 11 is 1.50. The number of nitrogens with one attached hydrogen (secondary N) is 1. The van der Waals surface area contributed by atoms with E-state index in [-0.39, 0.29) is 5.92 Å². The van der Waals surface area contributed by atoms with Crippen LogP contribution in [0.3, 0.4) is 0 Å². The third-order valence-corrected chi connectivity index (χ3v) is 7.93. The average molecular weight is 541 g/mol. The van der Waals surface area contributed by atoms with Crippen molar-refractivity contribution in [1.29, 1.82) is 0 Å². The highest BCUT2D eigenvalue weighted by atomic mass is 32.2. The largest absolute Gasteiger partial charge is 0.338 e. The number of hydrogen-bond donors (Lipinski definition) is 1. The Morgan fingerprint density at radius 3 is 2.54 bits per heavy atom. The summed E-state index contributed by atoms with van der Waals surface area (Å²) in [6.45, 7) is 7.14. The fraction of sp³-hybridized carbons (Fsp3) is 0.379. The Morgan fingerprint density at radius 2 is 1.85 bits per heavy atom. The molecular weight excluding hydrogens is 508 g/mol. The topological polar surface area (TPSA) is 99.5 Å². The molecule has 0 atom stereocenters. The molecule has 1 N–H and O–H groups in total. The summed E-state index contributed by atoms with van der Waals surface area (Å²) in [6.07, 6.45) is 8.37. The Morgan fingerprint density at radius 1 is 1.03 bits per heavy atom. The number of nitrogens with zero attached hydrogens (tertiary/aromatic N) is 7. The molecule has 0 amide bonds. The second kappa shape index (κ2) is 11.6. The van der Waals surface area contributed by atoms with E-state index < -0.39 is 0 Å². The van der Waals surface area contributed by atoms with E-state index in [4.69, 9.17) is 15.0 Å². The van der Waals surface area contributed by atoms with Gasteiger partial charge >= 0.3 is 0 Å². The summed E-state index contributed by atoms with van der Waals surface area (Å²) in [5, 5.41) is 3.91. The summed E-state index contributed by atoms with van der Waals surface area (Å²) in [7, 11) is 0. The highest BCUT2D eigenvalue weighted by Gasteiger charge is 2.29. The number of rotatable bonds is 9. The number of carbonyl (C=O) groups is 1. The normalized spacial score (nSPS) is 17.6.